The van der Waals surface area contributed by atoms with E-state index in [9.17, 15) is 22.8 Å². The number of likely N-dealkylation sites (tertiary alicyclic amines) is 1. The summed E-state index contributed by atoms with van der Waals surface area (Å²) >= 11 is 0. The molecule has 0 saturated carbocycles. The largest absolute Gasteiger partial charge is 0.478 e. The quantitative estimate of drug-likeness (QED) is 0.506. The maximum atomic E-state index is 12.7. The summed E-state index contributed by atoms with van der Waals surface area (Å²) in [6.45, 7) is 8.35. The summed E-state index contributed by atoms with van der Waals surface area (Å²) in [6, 6.07) is 8.41. The number of amides is 2. The Kier molecular flexibility index (Phi) is 11.6. The maximum Gasteiger partial charge on any atom is 0.328 e. The van der Waals surface area contributed by atoms with Gasteiger partial charge in [-0.1, -0.05) is 32.0 Å². The Labute approximate surface area is 195 Å². The molecule has 1 unspecified atom stereocenters. The number of carbonyl (C=O) groups is 3. The second-order valence-corrected chi connectivity index (χ2v) is 9.68. The third-order valence-corrected chi connectivity index (χ3v) is 7.46. The molecule has 0 spiro atoms. The minimum absolute atomic E-state index is 0.0853. The molecule has 0 bridgehead atoms. The third kappa shape index (κ3) is 9.22. The van der Waals surface area contributed by atoms with E-state index >= 15 is 0 Å². The lowest BCUT2D eigenvalue weighted by atomic mass is 10.4. The van der Waals surface area contributed by atoms with Crippen molar-refractivity contribution in [3.05, 3.63) is 42.5 Å². The first-order valence-electron chi connectivity index (χ1n) is 10.7. The number of hydrogen-bond acceptors (Lipinski definition) is 6. The summed E-state index contributed by atoms with van der Waals surface area (Å²) in [7, 11) is -1.60. The molecule has 1 heterocycles. The van der Waals surface area contributed by atoms with Crippen molar-refractivity contribution in [1.29, 1.82) is 0 Å². The van der Waals surface area contributed by atoms with Gasteiger partial charge in [0.1, 0.15) is 0 Å². The van der Waals surface area contributed by atoms with Crippen LogP contribution in [-0.2, 0) is 19.4 Å². The molecule has 11 heteroatoms. The van der Waals surface area contributed by atoms with Crippen LogP contribution in [0.1, 0.15) is 20.3 Å². The van der Waals surface area contributed by atoms with E-state index in [0.717, 1.165) is 19.6 Å². The van der Waals surface area contributed by atoms with Crippen molar-refractivity contribution >= 4 is 27.8 Å². The molecule has 1 aliphatic rings. The molecule has 1 aromatic rings. The van der Waals surface area contributed by atoms with Crippen molar-refractivity contribution in [3.63, 3.8) is 0 Å². The van der Waals surface area contributed by atoms with Gasteiger partial charge >= 0.3 is 18.0 Å². The molecule has 1 atom stereocenters. The minimum atomic E-state index is -3.39. The van der Waals surface area contributed by atoms with Crippen LogP contribution in [0.4, 0.5) is 4.79 Å². The van der Waals surface area contributed by atoms with Gasteiger partial charge in [-0.15, -0.1) is 0 Å². The number of rotatable bonds is 9. The lowest BCUT2D eigenvalue weighted by Crippen LogP contribution is -2.44. The molecule has 33 heavy (non-hydrogen) atoms. The van der Waals surface area contributed by atoms with Crippen LogP contribution >= 0.6 is 0 Å². The molecule has 2 N–H and O–H groups in total. The second kappa shape index (κ2) is 13.6. The van der Waals surface area contributed by atoms with Crippen LogP contribution in [0.2, 0.25) is 0 Å². The number of likely N-dealkylation sites (N-methyl/N-ethyl adjacent to an activating group) is 2. The van der Waals surface area contributed by atoms with Crippen LogP contribution in [0.5, 0.6) is 0 Å². The van der Waals surface area contributed by atoms with E-state index in [2.05, 4.69) is 18.7 Å². The second-order valence-electron chi connectivity index (χ2n) is 7.46. The highest BCUT2D eigenvalue weighted by atomic mass is 32.2. The highest BCUT2D eigenvalue weighted by molar-refractivity contribution is 7.92. The van der Waals surface area contributed by atoms with E-state index in [-0.39, 0.29) is 12.6 Å². The van der Waals surface area contributed by atoms with Gasteiger partial charge in [-0.25, -0.2) is 22.8 Å². The fourth-order valence-electron chi connectivity index (χ4n) is 3.27. The smallest absolute Gasteiger partial charge is 0.328 e. The third-order valence-electron chi connectivity index (χ3n) is 5.27. The van der Waals surface area contributed by atoms with Crippen molar-refractivity contribution in [1.82, 2.24) is 14.7 Å². The van der Waals surface area contributed by atoms with Gasteiger partial charge in [0.25, 0.3) is 0 Å². The highest BCUT2D eigenvalue weighted by Gasteiger charge is 2.36. The summed E-state index contributed by atoms with van der Waals surface area (Å²) in [6.07, 6.45) is 1.61. The van der Waals surface area contributed by atoms with E-state index < -0.39 is 27.0 Å². The Bertz CT molecular complexity index is 899. The van der Waals surface area contributed by atoms with Gasteiger partial charge in [0.15, 0.2) is 9.84 Å². The van der Waals surface area contributed by atoms with E-state index in [0.29, 0.717) is 36.6 Å². The Morgan fingerprint density at radius 3 is 2.06 bits per heavy atom. The molecule has 0 aliphatic carbocycles. The van der Waals surface area contributed by atoms with Crippen LogP contribution in [0, 0.1) is 0 Å². The summed E-state index contributed by atoms with van der Waals surface area (Å²) < 4.78 is 25.4. The molecule has 1 aromatic carbocycles. The molecule has 184 valence electrons. The fraction of sp³-hybridized carbons (Fsp3) is 0.500. The zero-order valence-electron chi connectivity index (χ0n) is 19.3. The number of carboxylic acids is 2. The minimum Gasteiger partial charge on any atom is -0.478 e. The predicted molar refractivity (Wildman–Crippen MR) is 124 cm³/mol. The topological polar surface area (TPSA) is 136 Å². The van der Waals surface area contributed by atoms with Gasteiger partial charge in [0.05, 0.1) is 10.1 Å². The van der Waals surface area contributed by atoms with Gasteiger partial charge in [0, 0.05) is 45.4 Å². The zero-order valence-corrected chi connectivity index (χ0v) is 20.1. The molecule has 1 aliphatic heterocycles. The lowest BCUT2D eigenvalue weighted by molar-refractivity contribution is -0.134. The number of urea groups is 1. The average molecular weight is 484 g/mol. The van der Waals surface area contributed by atoms with Crippen LogP contribution in [-0.4, -0.2) is 103 Å². The standard InChI is InChI=1S/C18H29N3O3S.C4H4O4/c1-4-20(5-2)14-13-19(3)18(22)21-12-11-17(15-21)25(23,24)16-9-7-6-8-10-16;5-3(6)1-2-4(7)8/h6-10,17H,4-5,11-15H2,1-3H3;1-2H,(H,5,6)(H,7,8). The molecule has 1 saturated heterocycles. The van der Waals surface area contributed by atoms with Gasteiger partial charge < -0.3 is 24.9 Å². The first-order chi connectivity index (χ1) is 15.5. The highest BCUT2D eigenvalue weighted by Crippen LogP contribution is 2.24. The van der Waals surface area contributed by atoms with Crippen molar-refractivity contribution in [2.45, 2.75) is 30.4 Å². The van der Waals surface area contributed by atoms with Gasteiger partial charge in [0.2, 0.25) is 0 Å². The Balaban J connectivity index is 0.000000582. The first-order valence-corrected chi connectivity index (χ1v) is 12.2. The molecule has 2 amide bonds. The molecule has 0 aromatic heterocycles. The molecule has 1 fully saturated rings. The van der Waals surface area contributed by atoms with Gasteiger partial charge in [-0.3, -0.25) is 0 Å². The number of sulfone groups is 1. The lowest BCUT2D eigenvalue weighted by Gasteiger charge is -2.27. The Morgan fingerprint density at radius 1 is 1.03 bits per heavy atom. The number of benzene rings is 1. The summed E-state index contributed by atoms with van der Waals surface area (Å²) in [5.41, 5.74) is 0. The first kappa shape index (κ1) is 28.1. The maximum absolute atomic E-state index is 12.7. The number of nitrogens with zero attached hydrogens (tertiary/aromatic N) is 3. The zero-order chi connectivity index (χ0) is 25.0. The van der Waals surface area contributed by atoms with Gasteiger partial charge in [-0.05, 0) is 31.6 Å². The van der Waals surface area contributed by atoms with Gasteiger partial charge in [-0.2, -0.15) is 0 Å². The van der Waals surface area contributed by atoms with Crippen LogP contribution < -0.4 is 0 Å². The van der Waals surface area contributed by atoms with Crippen LogP contribution in [0.3, 0.4) is 0 Å². The fourth-order valence-corrected chi connectivity index (χ4v) is 4.98. The Hall–Kier alpha value is -2.92. The molecule has 2 rings (SSSR count). The normalized spacial score (nSPS) is 15.9. The monoisotopic (exact) mass is 483 g/mol. The van der Waals surface area contributed by atoms with Crippen molar-refractivity contribution in [2.24, 2.45) is 0 Å². The summed E-state index contributed by atoms with van der Waals surface area (Å²) in [4.78, 5) is 37.6. The average Bonchev–Trinajstić information content (AvgIpc) is 3.30. The van der Waals surface area contributed by atoms with E-state index in [4.69, 9.17) is 10.2 Å². The number of hydrogen-bond donors (Lipinski definition) is 2. The Morgan fingerprint density at radius 2 is 1.58 bits per heavy atom. The number of carbonyl (C=O) groups excluding carboxylic acids is 1. The molecule has 10 nitrogen and oxygen atoms in total. The van der Waals surface area contributed by atoms with Crippen LogP contribution in [0.25, 0.3) is 0 Å². The summed E-state index contributed by atoms with van der Waals surface area (Å²) in [5, 5.41) is 15.1. The van der Waals surface area contributed by atoms with E-state index in [1.54, 1.807) is 47.2 Å². The SMILES string of the molecule is CCN(CC)CCN(C)C(=O)N1CCC(S(=O)(=O)c2ccccc2)C1.O=C(O)C=CC(=O)O. The van der Waals surface area contributed by atoms with E-state index in [1.165, 1.54) is 0 Å². The van der Waals surface area contributed by atoms with Crippen molar-refractivity contribution < 1.29 is 33.0 Å². The van der Waals surface area contributed by atoms with Crippen molar-refractivity contribution in [3.8, 4) is 0 Å². The number of aliphatic carboxylic acids is 2. The molecular formula is C22H33N3O7S. The predicted octanol–water partition coefficient (Wildman–Crippen LogP) is 1.64. The number of carboxylic acid groups (broad SMARTS) is 2. The molecule has 0 radical (unpaired) electrons. The van der Waals surface area contributed by atoms with E-state index in [1.807, 2.05) is 0 Å². The summed E-state index contributed by atoms with van der Waals surface area (Å²) in [5.74, 6) is -2.51. The van der Waals surface area contributed by atoms with Crippen LogP contribution in [0.15, 0.2) is 47.4 Å². The molecular weight excluding hydrogens is 450 g/mol. The van der Waals surface area contributed by atoms with Crippen molar-refractivity contribution in [2.75, 3.05) is 46.3 Å².